The fourth-order valence-corrected chi connectivity index (χ4v) is 6.35. The van der Waals surface area contributed by atoms with E-state index in [1.54, 1.807) is 0 Å². The Morgan fingerprint density at radius 2 is 0.966 bits per heavy atom. The average Bonchev–Trinajstić information content (AvgIpc) is 3.22. The van der Waals surface area contributed by atoms with E-state index in [0.717, 1.165) is 96.3 Å². The number of phosphoric ester groups is 1. The molecule has 10 heteroatoms. The van der Waals surface area contributed by atoms with Crippen molar-refractivity contribution in [2.24, 2.45) is 0 Å². The van der Waals surface area contributed by atoms with Crippen LogP contribution in [0, 0.1) is 0 Å². The number of aliphatic hydroxyl groups excluding tert-OH is 1. The molecule has 1 amide bonds. The Hall–Kier alpha value is -3.07. The summed E-state index contributed by atoms with van der Waals surface area (Å²) in [7, 11) is -4.44. The number of phosphoric acid groups is 1. The van der Waals surface area contributed by atoms with Crippen LogP contribution in [-0.4, -0.2) is 54.3 Å². The van der Waals surface area contributed by atoms with Gasteiger partial charge in [-0.15, -0.1) is 0 Å². The Balaban J connectivity index is 3.68. The zero-order valence-electron chi connectivity index (χ0n) is 36.9. The van der Waals surface area contributed by atoms with Gasteiger partial charge in [0.2, 0.25) is 5.91 Å². The van der Waals surface area contributed by atoms with Crippen molar-refractivity contribution in [3.63, 3.8) is 0 Å². The van der Waals surface area contributed by atoms with E-state index in [2.05, 4.69) is 116 Å². The van der Waals surface area contributed by atoms with Gasteiger partial charge in [0.1, 0.15) is 12.7 Å². The van der Waals surface area contributed by atoms with Crippen molar-refractivity contribution in [2.45, 2.75) is 174 Å². The molecule has 2 unspecified atom stereocenters. The number of carbonyl (C=O) groups is 2. The first kappa shape index (κ1) is 55.9. The fraction of sp³-hybridized carbons (Fsp3) is 0.633. The van der Waals surface area contributed by atoms with Gasteiger partial charge in [0, 0.05) is 19.4 Å². The van der Waals surface area contributed by atoms with Crippen LogP contribution in [0.3, 0.4) is 0 Å². The predicted molar refractivity (Wildman–Crippen MR) is 247 cm³/mol. The van der Waals surface area contributed by atoms with Gasteiger partial charge in [0.25, 0.3) is 0 Å². The number of nitrogens with one attached hydrogen (secondary N) is 1. The molecular formula is C49H82NO8P. The molecule has 0 aromatic heterocycles. The zero-order chi connectivity index (χ0) is 43.2. The number of rotatable bonds is 41. The minimum Gasteiger partial charge on any atom is -0.463 e. The lowest BCUT2D eigenvalue weighted by atomic mass is 10.1. The third kappa shape index (κ3) is 45.9. The highest BCUT2D eigenvalue weighted by atomic mass is 31.2. The number of amides is 1. The normalized spacial score (nSPS) is 14.2. The Bertz CT molecular complexity index is 1280. The number of aliphatic hydroxyl groups is 1. The molecule has 9 nitrogen and oxygen atoms in total. The molecule has 59 heavy (non-hydrogen) atoms. The molecule has 0 fully saturated rings. The molecule has 0 rings (SSSR count). The molecule has 0 heterocycles. The molecule has 0 saturated heterocycles. The van der Waals surface area contributed by atoms with Crippen LogP contribution in [0.5, 0.6) is 0 Å². The number of carbonyl (C=O) groups excluding carboxylic acids is 2. The largest absolute Gasteiger partial charge is 0.472 e. The second-order valence-corrected chi connectivity index (χ2v) is 16.1. The highest BCUT2D eigenvalue weighted by Crippen LogP contribution is 2.42. The van der Waals surface area contributed by atoms with Gasteiger partial charge in [-0.3, -0.25) is 18.6 Å². The molecule has 0 spiro atoms. The van der Waals surface area contributed by atoms with E-state index in [0.29, 0.717) is 6.42 Å². The lowest BCUT2D eigenvalue weighted by molar-refractivity contribution is -0.147. The molecule has 3 N–H and O–H groups in total. The predicted octanol–water partition coefficient (Wildman–Crippen LogP) is 13.0. The second-order valence-electron chi connectivity index (χ2n) is 14.6. The Morgan fingerprint density at radius 1 is 0.542 bits per heavy atom. The van der Waals surface area contributed by atoms with E-state index in [1.165, 1.54) is 44.9 Å². The monoisotopic (exact) mass is 844 g/mol. The van der Waals surface area contributed by atoms with Crippen molar-refractivity contribution < 1.29 is 37.9 Å². The van der Waals surface area contributed by atoms with Gasteiger partial charge in [0.05, 0.1) is 13.2 Å². The van der Waals surface area contributed by atoms with E-state index in [-0.39, 0.29) is 32.1 Å². The van der Waals surface area contributed by atoms with Crippen LogP contribution in [0.2, 0.25) is 0 Å². The SMILES string of the molecule is CC/C=C\C/C=C\C/C=C\C/C=C\CCCCC(=O)NCCOP(=O)(O)OCC(O)COC(=O)CCCCCCCCC/C=C\C/C=C\C/C=C\C/C=C\CCCCC. The van der Waals surface area contributed by atoms with Gasteiger partial charge in [-0.1, -0.05) is 156 Å². The number of hydrogen-bond donors (Lipinski definition) is 3. The van der Waals surface area contributed by atoms with Crippen LogP contribution >= 0.6 is 7.82 Å². The molecule has 0 aromatic rings. The molecule has 0 bridgehead atoms. The highest BCUT2D eigenvalue weighted by Gasteiger charge is 2.23. The number of unbranched alkanes of at least 4 members (excludes halogenated alkanes) is 12. The molecule has 0 aromatic carbocycles. The quantitative estimate of drug-likeness (QED) is 0.0240. The first-order chi connectivity index (χ1) is 28.8. The summed E-state index contributed by atoms with van der Waals surface area (Å²) in [6.45, 7) is 3.32. The topological polar surface area (TPSA) is 131 Å². The van der Waals surface area contributed by atoms with Gasteiger partial charge in [-0.05, 0) is 96.3 Å². The second kappa shape index (κ2) is 44.5. The minimum atomic E-state index is -4.44. The lowest BCUT2D eigenvalue weighted by Gasteiger charge is -2.15. The maximum absolute atomic E-state index is 12.1. The lowest BCUT2D eigenvalue weighted by Crippen LogP contribution is -2.27. The van der Waals surface area contributed by atoms with Crippen LogP contribution < -0.4 is 5.32 Å². The van der Waals surface area contributed by atoms with E-state index in [1.807, 2.05) is 0 Å². The van der Waals surface area contributed by atoms with Crippen LogP contribution in [0.15, 0.2) is 97.2 Å². The van der Waals surface area contributed by atoms with Crippen molar-refractivity contribution in [3.05, 3.63) is 97.2 Å². The van der Waals surface area contributed by atoms with E-state index in [9.17, 15) is 24.2 Å². The molecule has 0 aliphatic rings. The number of allylic oxidation sites excluding steroid dienone is 16. The zero-order valence-corrected chi connectivity index (χ0v) is 37.8. The number of hydrogen-bond acceptors (Lipinski definition) is 7. The van der Waals surface area contributed by atoms with Gasteiger partial charge < -0.3 is 20.1 Å². The van der Waals surface area contributed by atoms with Crippen molar-refractivity contribution in [2.75, 3.05) is 26.4 Å². The van der Waals surface area contributed by atoms with Gasteiger partial charge >= 0.3 is 13.8 Å². The van der Waals surface area contributed by atoms with Crippen LogP contribution in [0.4, 0.5) is 0 Å². The van der Waals surface area contributed by atoms with Gasteiger partial charge in [0.15, 0.2) is 0 Å². The first-order valence-corrected chi connectivity index (χ1v) is 24.2. The smallest absolute Gasteiger partial charge is 0.463 e. The summed E-state index contributed by atoms with van der Waals surface area (Å²) in [5.74, 6) is -0.577. The van der Waals surface area contributed by atoms with Crippen molar-refractivity contribution in [1.82, 2.24) is 5.32 Å². The van der Waals surface area contributed by atoms with Crippen LogP contribution in [0.1, 0.15) is 168 Å². The summed E-state index contributed by atoms with van der Waals surface area (Å²) < 4.78 is 26.9. The fourth-order valence-electron chi connectivity index (χ4n) is 5.59. The molecule has 0 aliphatic carbocycles. The van der Waals surface area contributed by atoms with E-state index >= 15 is 0 Å². The maximum Gasteiger partial charge on any atom is 0.472 e. The number of ether oxygens (including phenoxy) is 1. The van der Waals surface area contributed by atoms with E-state index in [4.69, 9.17) is 13.8 Å². The third-order valence-electron chi connectivity index (χ3n) is 9.00. The summed E-state index contributed by atoms with van der Waals surface area (Å²) in [4.78, 5) is 33.9. The van der Waals surface area contributed by atoms with Crippen molar-refractivity contribution >= 4 is 19.7 Å². The highest BCUT2D eigenvalue weighted by molar-refractivity contribution is 7.47. The molecule has 0 radical (unpaired) electrons. The first-order valence-electron chi connectivity index (χ1n) is 22.7. The third-order valence-corrected chi connectivity index (χ3v) is 9.98. The van der Waals surface area contributed by atoms with Crippen molar-refractivity contribution in [3.8, 4) is 0 Å². The van der Waals surface area contributed by atoms with Gasteiger partial charge in [-0.2, -0.15) is 0 Å². The molecular weight excluding hydrogens is 762 g/mol. The van der Waals surface area contributed by atoms with Crippen LogP contribution in [0.25, 0.3) is 0 Å². The maximum atomic E-state index is 12.1. The Labute approximate surface area is 359 Å². The van der Waals surface area contributed by atoms with Crippen LogP contribution in [-0.2, 0) is 27.9 Å². The minimum absolute atomic E-state index is 0.0521. The van der Waals surface area contributed by atoms with Crippen molar-refractivity contribution in [1.29, 1.82) is 0 Å². The molecule has 0 saturated carbocycles. The summed E-state index contributed by atoms with van der Waals surface area (Å²) in [5.41, 5.74) is 0. The Kier molecular flexibility index (Phi) is 42.2. The molecule has 0 aliphatic heterocycles. The summed E-state index contributed by atoms with van der Waals surface area (Å²) >= 11 is 0. The summed E-state index contributed by atoms with van der Waals surface area (Å²) in [5, 5.41) is 12.7. The molecule has 336 valence electrons. The summed E-state index contributed by atoms with van der Waals surface area (Å²) in [6, 6.07) is 0. The molecule has 2 atom stereocenters. The standard InChI is InChI=1S/C49H82NO8P/c1-3-5-7-9-11-13-15-17-19-20-21-22-23-24-25-26-28-30-32-34-36-38-40-42-49(53)56-45-47(51)46-58-59(54,55)57-44-43-50-48(52)41-39-37-35-33-31-29-27-18-16-14-12-10-8-6-4-2/h6,8,11-14,17-19,21-22,24-25,27,31,33,47,51H,3-5,7,9-10,15-16,20,23,26,28-30,32,34-46H2,1-2H3,(H,50,52)(H,54,55)/b8-6-,13-11-,14-12-,19-17-,22-21-,25-24-,27-18-,33-31-. The Morgan fingerprint density at radius 3 is 1.47 bits per heavy atom. The average molecular weight is 844 g/mol. The number of esters is 1. The van der Waals surface area contributed by atoms with Gasteiger partial charge in [-0.25, -0.2) is 4.57 Å². The van der Waals surface area contributed by atoms with E-state index < -0.39 is 26.5 Å². The summed E-state index contributed by atoms with van der Waals surface area (Å²) in [6.07, 6.45) is 57.7.